The van der Waals surface area contributed by atoms with E-state index in [9.17, 15) is 17.6 Å². The Morgan fingerprint density at radius 1 is 1.08 bits per heavy atom. The Morgan fingerprint density at radius 3 is 2.42 bits per heavy atom. The Hall–Kier alpha value is -1.47. The third kappa shape index (κ3) is 3.27. The summed E-state index contributed by atoms with van der Waals surface area (Å²) in [6.07, 6.45) is 5.64. The number of amides is 1. The highest BCUT2D eigenvalue weighted by Crippen LogP contribution is 2.49. The van der Waals surface area contributed by atoms with E-state index in [0.29, 0.717) is 31.3 Å². The van der Waals surface area contributed by atoms with Gasteiger partial charge >= 0.3 is 0 Å². The van der Waals surface area contributed by atoms with Gasteiger partial charge in [-0.05, 0) is 49.1 Å². The smallest absolute Gasteiger partial charge is 0.246 e. The molecular weight excluding hydrogens is 355 g/mol. The van der Waals surface area contributed by atoms with Crippen LogP contribution in [-0.4, -0.2) is 49.7 Å². The number of hydrogen-bond acceptors (Lipinski definition) is 3. The molecule has 4 rings (SSSR count). The van der Waals surface area contributed by atoms with E-state index in [2.05, 4.69) is 0 Å². The molecule has 1 heterocycles. The molecule has 0 N–H and O–H groups in total. The lowest BCUT2D eigenvalue weighted by atomic mass is 9.86. The summed E-state index contributed by atoms with van der Waals surface area (Å²) in [4.78, 5) is 14.1. The van der Waals surface area contributed by atoms with Crippen molar-refractivity contribution >= 4 is 15.9 Å². The molecule has 1 aromatic rings. The standard InChI is InChI=1S/C19H25FN2O3S/c20-17-3-1-2-4-18(17)26(24,25)22-9-7-21(8-10-22)19(23)13-16-12-14-5-6-15(16)11-14/h1-4,14-16H,5-13H2/t14-,15-,16+/m1/s1. The zero-order valence-electron chi connectivity index (χ0n) is 14.8. The van der Waals surface area contributed by atoms with Crippen LogP contribution >= 0.6 is 0 Å². The summed E-state index contributed by atoms with van der Waals surface area (Å²) in [5.74, 6) is 1.46. The second-order valence-corrected chi connectivity index (χ2v) is 9.76. The normalized spacial score (nSPS) is 29.3. The predicted molar refractivity (Wildman–Crippen MR) is 95.3 cm³/mol. The summed E-state index contributed by atoms with van der Waals surface area (Å²) in [6.45, 7) is 1.21. The second-order valence-electron chi connectivity index (χ2n) is 7.85. The number of nitrogens with zero attached hydrogens (tertiary/aromatic N) is 2. The van der Waals surface area contributed by atoms with Crippen LogP contribution in [0.2, 0.25) is 0 Å². The summed E-state index contributed by atoms with van der Waals surface area (Å²) in [7, 11) is -3.85. The molecule has 0 spiro atoms. The van der Waals surface area contributed by atoms with E-state index in [1.165, 1.54) is 48.2 Å². The van der Waals surface area contributed by atoms with Crippen LogP contribution in [0, 0.1) is 23.6 Å². The Bertz CT molecular complexity index is 790. The summed E-state index contributed by atoms with van der Waals surface area (Å²) < 4.78 is 40.4. The quantitative estimate of drug-likeness (QED) is 0.806. The molecule has 0 radical (unpaired) electrons. The van der Waals surface area contributed by atoms with Crippen molar-refractivity contribution in [1.29, 1.82) is 0 Å². The number of rotatable bonds is 4. The number of benzene rings is 1. The van der Waals surface area contributed by atoms with Gasteiger partial charge in [0, 0.05) is 32.6 Å². The van der Waals surface area contributed by atoms with Gasteiger partial charge in [0.05, 0.1) is 0 Å². The highest BCUT2D eigenvalue weighted by atomic mass is 32.2. The minimum absolute atomic E-state index is 0.144. The van der Waals surface area contributed by atoms with Crippen molar-refractivity contribution in [2.24, 2.45) is 17.8 Å². The van der Waals surface area contributed by atoms with Crippen molar-refractivity contribution in [1.82, 2.24) is 9.21 Å². The fourth-order valence-corrected chi connectivity index (χ4v) is 6.44. The summed E-state index contributed by atoms with van der Waals surface area (Å²) >= 11 is 0. The van der Waals surface area contributed by atoms with Crippen LogP contribution < -0.4 is 0 Å². The number of carbonyl (C=O) groups excluding carboxylic acids is 1. The lowest BCUT2D eigenvalue weighted by molar-refractivity contribution is -0.133. The van der Waals surface area contributed by atoms with Crippen LogP contribution in [0.1, 0.15) is 32.1 Å². The van der Waals surface area contributed by atoms with Gasteiger partial charge in [0.25, 0.3) is 0 Å². The first-order valence-corrected chi connectivity index (χ1v) is 10.9. The monoisotopic (exact) mass is 380 g/mol. The molecular formula is C19H25FN2O3S. The SMILES string of the molecule is O=C(C[C@@H]1C[C@@H]2CC[C@@H]1C2)N1CCN(S(=O)(=O)c2ccccc2F)CC1. The summed E-state index contributed by atoms with van der Waals surface area (Å²) in [5, 5.41) is 0. The summed E-state index contributed by atoms with van der Waals surface area (Å²) in [5.41, 5.74) is 0. The van der Waals surface area contributed by atoms with Gasteiger partial charge in [-0.3, -0.25) is 4.79 Å². The molecule has 0 aromatic heterocycles. The maximum absolute atomic E-state index is 13.9. The molecule has 3 aliphatic rings. The number of sulfonamides is 1. The van der Waals surface area contributed by atoms with Gasteiger partial charge in [0.1, 0.15) is 10.7 Å². The van der Waals surface area contributed by atoms with E-state index < -0.39 is 15.8 Å². The molecule has 2 saturated carbocycles. The molecule has 3 fully saturated rings. The first kappa shape index (κ1) is 17.9. The number of fused-ring (bicyclic) bond motifs is 2. The van der Waals surface area contributed by atoms with Gasteiger partial charge in [-0.25, -0.2) is 12.8 Å². The molecule has 1 amide bonds. The Morgan fingerprint density at radius 2 is 1.81 bits per heavy atom. The Balaban J connectivity index is 1.35. The fraction of sp³-hybridized carbons (Fsp3) is 0.632. The van der Waals surface area contributed by atoms with Crippen LogP contribution in [-0.2, 0) is 14.8 Å². The Labute approximate surface area is 154 Å². The van der Waals surface area contributed by atoms with Gasteiger partial charge in [-0.1, -0.05) is 18.6 Å². The molecule has 26 heavy (non-hydrogen) atoms. The van der Waals surface area contributed by atoms with E-state index in [-0.39, 0.29) is 23.9 Å². The molecule has 7 heteroatoms. The van der Waals surface area contributed by atoms with E-state index in [1.54, 1.807) is 4.90 Å². The molecule has 142 valence electrons. The number of halogens is 1. The topological polar surface area (TPSA) is 57.7 Å². The van der Waals surface area contributed by atoms with Gasteiger partial charge in [0.2, 0.25) is 15.9 Å². The zero-order valence-corrected chi connectivity index (χ0v) is 15.6. The van der Waals surface area contributed by atoms with Crippen molar-refractivity contribution in [2.75, 3.05) is 26.2 Å². The highest BCUT2D eigenvalue weighted by Gasteiger charge is 2.41. The first-order chi connectivity index (χ1) is 12.4. The van der Waals surface area contributed by atoms with Gasteiger partial charge in [-0.15, -0.1) is 0 Å². The van der Waals surface area contributed by atoms with Gasteiger partial charge < -0.3 is 4.90 Å². The van der Waals surface area contributed by atoms with Gasteiger partial charge in [-0.2, -0.15) is 4.31 Å². The third-order valence-corrected chi connectivity index (χ3v) is 8.30. The highest BCUT2D eigenvalue weighted by molar-refractivity contribution is 7.89. The van der Waals surface area contributed by atoms with Crippen LogP contribution in [0.4, 0.5) is 4.39 Å². The summed E-state index contributed by atoms with van der Waals surface area (Å²) in [6, 6.07) is 5.44. The fourth-order valence-electron chi connectivity index (χ4n) is 4.95. The van der Waals surface area contributed by atoms with E-state index in [0.717, 1.165) is 12.0 Å². The molecule has 2 bridgehead atoms. The van der Waals surface area contributed by atoms with Crippen LogP contribution in [0.15, 0.2) is 29.2 Å². The average molecular weight is 380 g/mol. The zero-order chi connectivity index (χ0) is 18.3. The molecule has 3 atom stereocenters. The van der Waals surface area contributed by atoms with Crippen LogP contribution in [0.25, 0.3) is 0 Å². The predicted octanol–water partition coefficient (Wildman–Crippen LogP) is 2.48. The number of carbonyl (C=O) groups is 1. The van der Waals surface area contributed by atoms with Crippen molar-refractivity contribution in [3.63, 3.8) is 0 Å². The average Bonchev–Trinajstić information content (AvgIpc) is 3.25. The lowest BCUT2D eigenvalue weighted by Gasteiger charge is -2.35. The van der Waals surface area contributed by atoms with Crippen LogP contribution in [0.5, 0.6) is 0 Å². The van der Waals surface area contributed by atoms with Gasteiger partial charge in [0.15, 0.2) is 0 Å². The molecule has 1 aliphatic heterocycles. The van der Waals surface area contributed by atoms with Crippen molar-refractivity contribution in [3.8, 4) is 0 Å². The molecule has 5 nitrogen and oxygen atoms in total. The number of piperazine rings is 1. The minimum atomic E-state index is -3.85. The third-order valence-electron chi connectivity index (χ3n) is 6.37. The maximum atomic E-state index is 13.9. The molecule has 1 saturated heterocycles. The minimum Gasteiger partial charge on any atom is -0.340 e. The van der Waals surface area contributed by atoms with Crippen molar-refractivity contribution in [3.05, 3.63) is 30.1 Å². The Kier molecular flexibility index (Phi) is 4.77. The van der Waals surface area contributed by atoms with Crippen LogP contribution in [0.3, 0.4) is 0 Å². The number of hydrogen-bond donors (Lipinski definition) is 0. The molecule has 0 unspecified atom stereocenters. The van der Waals surface area contributed by atoms with E-state index in [4.69, 9.17) is 0 Å². The van der Waals surface area contributed by atoms with Crippen molar-refractivity contribution in [2.45, 2.75) is 37.0 Å². The lowest BCUT2D eigenvalue weighted by Crippen LogP contribution is -2.50. The van der Waals surface area contributed by atoms with Crippen molar-refractivity contribution < 1.29 is 17.6 Å². The second kappa shape index (κ2) is 6.93. The molecule has 1 aromatic carbocycles. The molecule has 2 aliphatic carbocycles. The van der Waals surface area contributed by atoms with E-state index in [1.807, 2.05) is 0 Å². The maximum Gasteiger partial charge on any atom is 0.246 e. The first-order valence-electron chi connectivity index (χ1n) is 9.47. The largest absolute Gasteiger partial charge is 0.340 e. The van der Waals surface area contributed by atoms with E-state index >= 15 is 0 Å².